The number of nitrogens with one attached hydrogen (secondary N) is 3. The third kappa shape index (κ3) is 4.18. The number of likely N-dealkylation sites (tertiary alicyclic amines) is 1. The van der Waals surface area contributed by atoms with Crippen LogP contribution < -0.4 is 10.6 Å². The zero-order valence-electron chi connectivity index (χ0n) is 17.3. The molecule has 0 spiro atoms. The summed E-state index contributed by atoms with van der Waals surface area (Å²) < 4.78 is 0. The van der Waals surface area contributed by atoms with Gasteiger partial charge in [-0.25, -0.2) is 9.59 Å². The molecule has 29 heavy (non-hydrogen) atoms. The molecule has 2 aromatic rings. The number of aromatic nitrogens is 1. The van der Waals surface area contributed by atoms with E-state index in [2.05, 4.69) is 46.8 Å². The number of aromatic amines is 1. The maximum Gasteiger partial charge on any atom is 0.318 e. The van der Waals surface area contributed by atoms with Gasteiger partial charge in [-0.05, 0) is 49.8 Å². The van der Waals surface area contributed by atoms with Crippen LogP contribution in [0.4, 0.5) is 9.59 Å². The van der Waals surface area contributed by atoms with Crippen molar-refractivity contribution in [1.82, 2.24) is 25.4 Å². The van der Waals surface area contributed by atoms with Crippen LogP contribution in [0.25, 0.3) is 10.9 Å². The van der Waals surface area contributed by atoms with Crippen molar-refractivity contribution in [3.8, 4) is 0 Å². The molecular weight excluding hydrogens is 366 g/mol. The van der Waals surface area contributed by atoms with E-state index in [1.807, 2.05) is 9.80 Å². The van der Waals surface area contributed by atoms with E-state index in [1.165, 1.54) is 10.9 Å². The topological polar surface area (TPSA) is 80.5 Å². The Kier molecular flexibility index (Phi) is 5.65. The Hall–Kier alpha value is -2.70. The van der Waals surface area contributed by atoms with Crippen molar-refractivity contribution in [2.75, 3.05) is 20.1 Å². The Labute approximate surface area is 171 Å². The molecule has 1 saturated heterocycles. The summed E-state index contributed by atoms with van der Waals surface area (Å²) in [4.78, 5) is 32.3. The minimum Gasteiger partial charge on any atom is -0.357 e. The average Bonchev–Trinajstić information content (AvgIpc) is 3.48. The van der Waals surface area contributed by atoms with E-state index in [9.17, 15) is 9.59 Å². The Morgan fingerprint density at radius 3 is 2.79 bits per heavy atom. The maximum atomic E-state index is 13.1. The van der Waals surface area contributed by atoms with Gasteiger partial charge in [0.15, 0.2) is 0 Å². The van der Waals surface area contributed by atoms with Crippen LogP contribution in [0.2, 0.25) is 0 Å². The molecule has 0 unspecified atom stereocenters. The second-order valence-corrected chi connectivity index (χ2v) is 8.12. The number of carbonyl (C=O) groups excluding carboxylic acids is 2. The van der Waals surface area contributed by atoms with Gasteiger partial charge in [-0.1, -0.05) is 19.1 Å². The molecular formula is C22H31N5O2. The summed E-state index contributed by atoms with van der Waals surface area (Å²) in [7, 11) is 1.65. The predicted octanol–water partition coefficient (Wildman–Crippen LogP) is 3.21. The third-order valence-corrected chi connectivity index (χ3v) is 6.09. The van der Waals surface area contributed by atoms with Gasteiger partial charge in [0, 0.05) is 42.8 Å². The molecule has 1 aliphatic carbocycles. The van der Waals surface area contributed by atoms with Crippen LogP contribution in [-0.4, -0.2) is 59.1 Å². The van der Waals surface area contributed by atoms with Gasteiger partial charge in [0.2, 0.25) is 0 Å². The molecule has 0 radical (unpaired) electrons. The molecule has 2 fully saturated rings. The van der Waals surface area contributed by atoms with Gasteiger partial charge in [0.1, 0.15) is 0 Å². The number of piperidine rings is 1. The largest absolute Gasteiger partial charge is 0.357 e. The van der Waals surface area contributed by atoms with Crippen molar-refractivity contribution in [1.29, 1.82) is 0 Å². The van der Waals surface area contributed by atoms with Crippen LogP contribution in [-0.2, 0) is 13.0 Å². The van der Waals surface area contributed by atoms with Crippen LogP contribution >= 0.6 is 0 Å². The molecule has 2 aliphatic rings. The van der Waals surface area contributed by atoms with Gasteiger partial charge in [-0.2, -0.15) is 0 Å². The van der Waals surface area contributed by atoms with E-state index in [0.29, 0.717) is 19.1 Å². The van der Waals surface area contributed by atoms with E-state index in [4.69, 9.17) is 0 Å². The fourth-order valence-electron chi connectivity index (χ4n) is 4.45. The molecule has 0 bridgehead atoms. The van der Waals surface area contributed by atoms with Crippen LogP contribution in [0.3, 0.4) is 0 Å². The van der Waals surface area contributed by atoms with E-state index in [-0.39, 0.29) is 18.1 Å². The minimum absolute atomic E-state index is 0.0226. The molecule has 4 amide bonds. The number of nitrogens with zero attached hydrogens (tertiary/aromatic N) is 2. The number of amides is 4. The molecule has 7 heteroatoms. The monoisotopic (exact) mass is 397 g/mol. The zero-order chi connectivity index (χ0) is 20.4. The van der Waals surface area contributed by atoms with Crippen molar-refractivity contribution in [2.45, 2.75) is 57.7 Å². The molecule has 1 aliphatic heterocycles. The highest BCUT2D eigenvalue weighted by atomic mass is 16.2. The summed E-state index contributed by atoms with van der Waals surface area (Å²) in [6, 6.07) is 8.74. The van der Waals surface area contributed by atoms with Gasteiger partial charge < -0.3 is 25.4 Å². The van der Waals surface area contributed by atoms with Crippen LogP contribution in [0.5, 0.6) is 0 Å². The third-order valence-electron chi connectivity index (χ3n) is 6.09. The Morgan fingerprint density at radius 1 is 1.24 bits per heavy atom. The Bertz CT molecular complexity index is 888. The highest BCUT2D eigenvalue weighted by molar-refractivity contribution is 5.84. The van der Waals surface area contributed by atoms with Gasteiger partial charge in [0.05, 0.1) is 12.6 Å². The summed E-state index contributed by atoms with van der Waals surface area (Å²) in [5, 5.41) is 7.04. The van der Waals surface area contributed by atoms with Crippen LogP contribution in [0.15, 0.2) is 24.3 Å². The van der Waals surface area contributed by atoms with Gasteiger partial charge in [-0.3, -0.25) is 0 Å². The van der Waals surface area contributed by atoms with Crippen molar-refractivity contribution in [3.05, 3.63) is 35.5 Å². The zero-order valence-corrected chi connectivity index (χ0v) is 17.3. The van der Waals surface area contributed by atoms with Gasteiger partial charge in [-0.15, -0.1) is 0 Å². The van der Waals surface area contributed by atoms with Crippen molar-refractivity contribution in [2.24, 2.45) is 0 Å². The molecule has 1 atom stereocenters. The smallest absolute Gasteiger partial charge is 0.318 e. The number of carbonyl (C=O) groups is 2. The molecule has 2 heterocycles. The Balaban J connectivity index is 1.42. The summed E-state index contributed by atoms with van der Waals surface area (Å²) >= 11 is 0. The number of urea groups is 2. The lowest BCUT2D eigenvalue weighted by Gasteiger charge is -2.39. The second-order valence-electron chi connectivity index (χ2n) is 8.12. The summed E-state index contributed by atoms with van der Waals surface area (Å²) in [5.41, 5.74) is 3.44. The number of hydrogen-bond donors (Lipinski definition) is 3. The van der Waals surface area contributed by atoms with Crippen molar-refractivity contribution < 1.29 is 9.59 Å². The van der Waals surface area contributed by atoms with E-state index in [1.54, 1.807) is 7.05 Å². The number of benzene rings is 1. The normalized spacial score (nSPS) is 19.2. The van der Waals surface area contributed by atoms with Crippen molar-refractivity contribution >= 4 is 23.0 Å². The first kappa shape index (κ1) is 19.6. The summed E-state index contributed by atoms with van der Waals surface area (Å²) in [6.45, 7) is 4.00. The second kappa shape index (κ2) is 8.35. The average molecular weight is 398 g/mol. The summed E-state index contributed by atoms with van der Waals surface area (Å²) in [6.07, 6.45) is 4.96. The predicted molar refractivity (Wildman–Crippen MR) is 114 cm³/mol. The van der Waals surface area contributed by atoms with E-state index < -0.39 is 0 Å². The van der Waals surface area contributed by atoms with Crippen LogP contribution in [0.1, 0.15) is 43.9 Å². The van der Waals surface area contributed by atoms with Crippen molar-refractivity contribution in [3.63, 3.8) is 0 Å². The lowest BCUT2D eigenvalue weighted by Crippen LogP contribution is -2.56. The fraction of sp³-hybridized carbons (Fsp3) is 0.545. The molecule has 3 N–H and O–H groups in total. The first-order valence-corrected chi connectivity index (χ1v) is 10.7. The standard InChI is InChI=1S/C22H31N5O2/c1-3-15-6-4-8-20-19(15)12-16(25-20)13-24-22(29)27(17-9-10-17)18-7-5-11-26(14-18)21(28)23-2/h4,6,8,12,17-18,25H,3,5,7,9-11,13-14H2,1-2H3,(H,23,28)(H,24,29)/t18-/m1/s1. The number of aryl methyl sites for hydroxylation is 1. The summed E-state index contributed by atoms with van der Waals surface area (Å²) in [5.74, 6) is 0. The fourth-order valence-corrected chi connectivity index (χ4v) is 4.45. The molecule has 7 nitrogen and oxygen atoms in total. The van der Waals surface area contributed by atoms with E-state index >= 15 is 0 Å². The SMILES string of the molecule is CCc1cccc2[nH]c(CNC(=O)N(C3CC3)[C@@H]3CCCN(C(=O)NC)C3)cc12. The molecule has 1 aromatic carbocycles. The van der Waals surface area contributed by atoms with E-state index in [0.717, 1.165) is 49.9 Å². The lowest BCUT2D eigenvalue weighted by molar-refractivity contribution is 0.116. The van der Waals surface area contributed by atoms with Gasteiger partial charge in [0.25, 0.3) is 0 Å². The Morgan fingerprint density at radius 2 is 2.07 bits per heavy atom. The number of hydrogen-bond acceptors (Lipinski definition) is 2. The molecule has 1 saturated carbocycles. The molecule has 1 aromatic heterocycles. The lowest BCUT2D eigenvalue weighted by atomic mass is 10.0. The number of fused-ring (bicyclic) bond motifs is 1. The first-order valence-electron chi connectivity index (χ1n) is 10.7. The number of H-pyrrole nitrogens is 1. The van der Waals surface area contributed by atoms with Gasteiger partial charge >= 0.3 is 12.1 Å². The molecule has 156 valence electrons. The highest BCUT2D eigenvalue weighted by Crippen LogP contribution is 2.31. The quantitative estimate of drug-likeness (QED) is 0.724. The maximum absolute atomic E-state index is 13.1. The molecule has 4 rings (SSSR count). The minimum atomic E-state index is -0.0596. The highest BCUT2D eigenvalue weighted by Gasteiger charge is 2.39. The van der Waals surface area contributed by atoms with Crippen LogP contribution in [0, 0.1) is 0 Å². The first-order chi connectivity index (χ1) is 14.1. The number of rotatable bonds is 5.